The molecule has 0 atom stereocenters. The molecule has 2 rings (SSSR count). The Balaban J connectivity index is 2.45. The van der Waals surface area contributed by atoms with E-state index in [0.29, 0.717) is 17.5 Å². The lowest BCUT2D eigenvalue weighted by molar-refractivity contribution is 0.467. The van der Waals surface area contributed by atoms with Crippen LogP contribution in [0.5, 0.6) is 11.5 Å². The van der Waals surface area contributed by atoms with Crippen molar-refractivity contribution in [1.82, 2.24) is 0 Å². The number of ether oxygens (including phenoxy) is 1. The van der Waals surface area contributed by atoms with Gasteiger partial charge in [0.1, 0.15) is 11.5 Å². The maximum Gasteiger partial charge on any atom is 0.149 e. The first-order valence-electron chi connectivity index (χ1n) is 7.28. The Morgan fingerprint density at radius 1 is 1.19 bits per heavy atom. The second kappa shape index (κ2) is 6.97. The molecular weight excluding hydrogens is 282 g/mol. The van der Waals surface area contributed by atoms with Crippen molar-refractivity contribution in [3.05, 3.63) is 58.1 Å². The van der Waals surface area contributed by atoms with E-state index < -0.39 is 0 Å². The molecule has 21 heavy (non-hydrogen) atoms. The maximum absolute atomic E-state index is 6.32. The number of halogens is 1. The molecule has 0 amide bonds. The summed E-state index contributed by atoms with van der Waals surface area (Å²) in [4.78, 5) is 0. The molecule has 0 heterocycles. The van der Waals surface area contributed by atoms with E-state index in [1.54, 1.807) is 0 Å². The number of rotatable bonds is 5. The number of hydrogen-bond acceptors (Lipinski definition) is 2. The molecule has 0 radical (unpaired) electrons. The number of aryl methyl sites for hydroxylation is 1. The fourth-order valence-corrected chi connectivity index (χ4v) is 2.57. The van der Waals surface area contributed by atoms with Gasteiger partial charge >= 0.3 is 0 Å². The summed E-state index contributed by atoms with van der Waals surface area (Å²) in [7, 11) is 0. The van der Waals surface area contributed by atoms with Gasteiger partial charge < -0.3 is 10.5 Å². The third-order valence-corrected chi connectivity index (χ3v) is 3.76. The first-order valence-corrected chi connectivity index (χ1v) is 7.66. The van der Waals surface area contributed by atoms with Crippen LogP contribution < -0.4 is 10.5 Å². The van der Waals surface area contributed by atoms with Gasteiger partial charge in [0.05, 0.1) is 5.02 Å². The number of hydrogen-bond donors (Lipinski definition) is 1. The highest BCUT2D eigenvalue weighted by Crippen LogP contribution is 2.37. The fraction of sp³-hybridized carbons (Fsp3) is 0.333. The zero-order chi connectivity index (χ0) is 15.4. The summed E-state index contributed by atoms with van der Waals surface area (Å²) < 4.78 is 6.18. The average molecular weight is 304 g/mol. The van der Waals surface area contributed by atoms with Crippen LogP contribution >= 0.6 is 11.6 Å². The van der Waals surface area contributed by atoms with Crippen LogP contribution in [-0.2, 0) is 6.42 Å². The smallest absolute Gasteiger partial charge is 0.149 e. The van der Waals surface area contributed by atoms with E-state index in [0.717, 1.165) is 23.5 Å². The van der Waals surface area contributed by atoms with Gasteiger partial charge in [-0.05, 0) is 54.6 Å². The largest absolute Gasteiger partial charge is 0.455 e. The topological polar surface area (TPSA) is 35.2 Å². The monoisotopic (exact) mass is 303 g/mol. The third kappa shape index (κ3) is 3.78. The number of para-hydroxylation sites is 1. The summed E-state index contributed by atoms with van der Waals surface area (Å²) >= 11 is 6.32. The third-order valence-electron chi connectivity index (χ3n) is 3.47. The van der Waals surface area contributed by atoms with Crippen LogP contribution in [0.25, 0.3) is 0 Å². The van der Waals surface area contributed by atoms with Crippen molar-refractivity contribution in [2.45, 2.75) is 33.1 Å². The van der Waals surface area contributed by atoms with Crippen molar-refractivity contribution in [2.75, 3.05) is 6.54 Å². The van der Waals surface area contributed by atoms with Crippen molar-refractivity contribution in [3.63, 3.8) is 0 Å². The predicted octanol–water partition coefficient (Wildman–Crippen LogP) is 5.07. The Hall–Kier alpha value is -1.51. The van der Waals surface area contributed by atoms with Gasteiger partial charge in [-0.1, -0.05) is 49.7 Å². The lowest BCUT2D eigenvalue weighted by atomic mass is 10.0. The zero-order valence-corrected chi connectivity index (χ0v) is 13.6. The highest BCUT2D eigenvalue weighted by atomic mass is 35.5. The van der Waals surface area contributed by atoms with E-state index in [1.807, 2.05) is 18.2 Å². The Labute approximate surface area is 131 Å². The summed E-state index contributed by atoms with van der Waals surface area (Å²) in [6.07, 6.45) is 0.749. The summed E-state index contributed by atoms with van der Waals surface area (Å²) in [6, 6.07) is 12.1. The second-order valence-corrected chi connectivity index (χ2v) is 5.97. The van der Waals surface area contributed by atoms with Crippen LogP contribution in [0.15, 0.2) is 36.4 Å². The molecule has 0 fully saturated rings. The standard InChI is InChI=1S/C18H22ClNO/c1-12(2)15-8-7-13(3)11-17(15)21-18-14(9-10-20)5-4-6-16(18)19/h4-8,11-12H,9-10,20H2,1-3H3. The Morgan fingerprint density at radius 3 is 2.62 bits per heavy atom. The number of benzene rings is 2. The van der Waals surface area contributed by atoms with Gasteiger partial charge in [-0.15, -0.1) is 0 Å². The molecule has 0 aliphatic heterocycles. The molecule has 0 bridgehead atoms. The molecule has 2 aromatic carbocycles. The summed E-state index contributed by atoms with van der Waals surface area (Å²) in [5.74, 6) is 1.98. The van der Waals surface area contributed by atoms with Gasteiger partial charge in [0.25, 0.3) is 0 Å². The zero-order valence-electron chi connectivity index (χ0n) is 12.8. The predicted molar refractivity (Wildman–Crippen MR) is 89.6 cm³/mol. The molecule has 0 saturated carbocycles. The highest BCUT2D eigenvalue weighted by Gasteiger charge is 2.13. The van der Waals surface area contributed by atoms with Gasteiger partial charge in [-0.3, -0.25) is 0 Å². The molecule has 0 aliphatic rings. The van der Waals surface area contributed by atoms with Crippen LogP contribution in [0.2, 0.25) is 5.02 Å². The summed E-state index contributed by atoms with van der Waals surface area (Å²) in [5, 5.41) is 0.622. The van der Waals surface area contributed by atoms with E-state index in [-0.39, 0.29) is 0 Å². The van der Waals surface area contributed by atoms with Crippen LogP contribution in [0.1, 0.15) is 36.5 Å². The minimum atomic E-state index is 0.390. The molecule has 0 spiro atoms. The molecule has 2 nitrogen and oxygen atoms in total. The quantitative estimate of drug-likeness (QED) is 0.837. The maximum atomic E-state index is 6.32. The van der Waals surface area contributed by atoms with Gasteiger partial charge in [0.15, 0.2) is 0 Å². The van der Waals surface area contributed by atoms with Crippen molar-refractivity contribution in [3.8, 4) is 11.5 Å². The van der Waals surface area contributed by atoms with Crippen molar-refractivity contribution >= 4 is 11.6 Å². The average Bonchev–Trinajstić information content (AvgIpc) is 2.42. The van der Waals surface area contributed by atoms with E-state index >= 15 is 0 Å². The lowest BCUT2D eigenvalue weighted by Gasteiger charge is -2.17. The van der Waals surface area contributed by atoms with Crippen LogP contribution in [0.3, 0.4) is 0 Å². The van der Waals surface area contributed by atoms with Gasteiger partial charge in [0.2, 0.25) is 0 Å². The molecule has 0 aromatic heterocycles. The minimum absolute atomic E-state index is 0.390. The van der Waals surface area contributed by atoms with Crippen molar-refractivity contribution in [2.24, 2.45) is 5.73 Å². The van der Waals surface area contributed by atoms with E-state index in [4.69, 9.17) is 22.1 Å². The van der Waals surface area contributed by atoms with Crippen LogP contribution in [0.4, 0.5) is 0 Å². The van der Waals surface area contributed by atoms with E-state index in [2.05, 4.69) is 39.0 Å². The van der Waals surface area contributed by atoms with Gasteiger partial charge in [-0.25, -0.2) is 0 Å². The molecule has 2 N–H and O–H groups in total. The Kier molecular flexibility index (Phi) is 5.27. The lowest BCUT2D eigenvalue weighted by Crippen LogP contribution is -2.05. The van der Waals surface area contributed by atoms with E-state index in [9.17, 15) is 0 Å². The molecule has 0 unspecified atom stereocenters. The molecule has 112 valence electrons. The molecule has 0 saturated heterocycles. The Morgan fingerprint density at radius 2 is 1.95 bits per heavy atom. The first kappa shape index (κ1) is 15.9. The molecule has 3 heteroatoms. The van der Waals surface area contributed by atoms with Gasteiger partial charge in [-0.2, -0.15) is 0 Å². The van der Waals surface area contributed by atoms with Crippen molar-refractivity contribution in [1.29, 1.82) is 0 Å². The van der Waals surface area contributed by atoms with Crippen LogP contribution in [-0.4, -0.2) is 6.54 Å². The molecule has 2 aromatic rings. The second-order valence-electron chi connectivity index (χ2n) is 5.56. The number of nitrogens with two attached hydrogens (primary N) is 1. The molecule has 0 aliphatic carbocycles. The summed E-state index contributed by atoms with van der Waals surface area (Å²) in [5.41, 5.74) is 9.07. The molecular formula is C18H22ClNO. The first-order chi connectivity index (χ1) is 10.0. The van der Waals surface area contributed by atoms with Crippen LogP contribution in [0, 0.1) is 6.92 Å². The normalized spacial score (nSPS) is 11.0. The van der Waals surface area contributed by atoms with E-state index in [1.165, 1.54) is 11.1 Å². The Bertz CT molecular complexity index is 623. The highest BCUT2D eigenvalue weighted by molar-refractivity contribution is 6.32. The summed E-state index contributed by atoms with van der Waals surface area (Å²) in [6.45, 7) is 6.95. The van der Waals surface area contributed by atoms with Crippen molar-refractivity contribution < 1.29 is 4.74 Å². The SMILES string of the molecule is Cc1ccc(C(C)C)c(Oc2c(Cl)cccc2CCN)c1. The van der Waals surface area contributed by atoms with Gasteiger partial charge in [0, 0.05) is 0 Å². The minimum Gasteiger partial charge on any atom is -0.455 e. The fourth-order valence-electron chi connectivity index (χ4n) is 2.34.